The Morgan fingerprint density at radius 1 is 1.45 bits per heavy atom. The number of nitrogens with zero attached hydrogens (tertiary/aromatic N) is 1. The summed E-state index contributed by atoms with van der Waals surface area (Å²) in [6.45, 7) is 1.83. The lowest BCUT2D eigenvalue weighted by molar-refractivity contribution is -0.402. The van der Waals surface area contributed by atoms with E-state index in [0.717, 1.165) is 0 Å². The second-order valence-electron chi connectivity index (χ2n) is 1.61. The topological polar surface area (TPSA) is 127 Å². The summed E-state index contributed by atoms with van der Waals surface area (Å²) in [4.78, 5) is 8.25. The molecule has 68 valence electrons. The third kappa shape index (κ3) is 43.5. The van der Waals surface area contributed by atoms with Crippen LogP contribution in [-0.2, 0) is 0 Å². The van der Waals surface area contributed by atoms with E-state index in [1.165, 1.54) is 0 Å². The quantitative estimate of drug-likeness (QED) is 0.207. The summed E-state index contributed by atoms with van der Waals surface area (Å²) in [5.74, 6) is -2.41. The van der Waals surface area contributed by atoms with E-state index in [0.29, 0.717) is 0 Å². The van der Waals surface area contributed by atoms with Crippen LogP contribution in [-0.4, -0.2) is 39.2 Å². The summed E-state index contributed by atoms with van der Waals surface area (Å²) in [5, 5.41) is 39.2. The minimum absolute atomic E-state index is 0.0405. The lowest BCUT2D eigenvalue weighted by Crippen LogP contribution is -2.29. The van der Waals surface area contributed by atoms with E-state index in [2.05, 4.69) is 0 Å². The van der Waals surface area contributed by atoms with Gasteiger partial charge in [0.25, 0.3) is 0 Å². The van der Waals surface area contributed by atoms with Gasteiger partial charge in [-0.3, -0.25) is 0 Å². The fourth-order valence-electron chi connectivity index (χ4n) is 0.274. The van der Waals surface area contributed by atoms with Gasteiger partial charge >= 0.3 is 5.97 Å². The molecule has 8 heteroatoms. The van der Waals surface area contributed by atoms with Gasteiger partial charge in [-0.2, -0.15) is 0 Å². The molecule has 0 aromatic carbocycles. The van der Waals surface area contributed by atoms with Crippen LogP contribution < -0.4 is 0 Å². The van der Waals surface area contributed by atoms with Gasteiger partial charge < -0.3 is 30.6 Å². The Morgan fingerprint density at radius 2 is 1.73 bits per heavy atom. The van der Waals surface area contributed by atoms with Crippen molar-refractivity contribution in [3.05, 3.63) is 15.3 Å². The van der Waals surface area contributed by atoms with E-state index >= 15 is 0 Å². The summed E-state index contributed by atoms with van der Waals surface area (Å²) in [5.41, 5.74) is 0. The molecule has 0 fully saturated rings. The molecule has 3 N–H and O–H groups in total. The number of rotatable bonds is 2. The summed E-state index contributed by atoms with van der Waals surface area (Å²) >= 11 is 0. The molecule has 1 unspecified atom stereocenters. The molecular formula is C3H10NO6P. The maximum Gasteiger partial charge on any atom is 0.310 e. The van der Waals surface area contributed by atoms with E-state index in [9.17, 15) is 0 Å². The number of hydrogen-bond acceptors (Lipinski definition) is 6. The number of aliphatic hydroxyl groups is 3. The standard InChI is InChI=1S/C3H9O3P.NO3/c1-7-2-3(4,5)6;2-1(3)4/h4-7H,2H2,1H3;/q;-1/p+1. The first-order valence-electron chi connectivity index (χ1n) is 2.56. The highest BCUT2D eigenvalue weighted by atomic mass is 31.1. The van der Waals surface area contributed by atoms with Crippen LogP contribution in [0, 0.1) is 15.3 Å². The van der Waals surface area contributed by atoms with Gasteiger partial charge in [-0.15, -0.1) is 0 Å². The van der Waals surface area contributed by atoms with Gasteiger partial charge in [0.1, 0.15) is 6.16 Å². The zero-order valence-corrected chi connectivity index (χ0v) is 6.95. The van der Waals surface area contributed by atoms with Gasteiger partial charge in [0.15, 0.2) is 0 Å². The molecule has 0 amide bonds. The van der Waals surface area contributed by atoms with Crippen molar-refractivity contribution >= 4 is 8.58 Å². The van der Waals surface area contributed by atoms with Crippen LogP contribution in [0.5, 0.6) is 0 Å². The van der Waals surface area contributed by atoms with Crippen molar-refractivity contribution in [3.63, 3.8) is 0 Å². The molecule has 0 radical (unpaired) electrons. The molecule has 0 spiro atoms. The Labute approximate surface area is 64.2 Å². The predicted molar refractivity (Wildman–Crippen MR) is 40.2 cm³/mol. The van der Waals surface area contributed by atoms with Crippen molar-refractivity contribution in [1.82, 2.24) is 0 Å². The third-order valence-corrected chi connectivity index (χ3v) is 1.43. The van der Waals surface area contributed by atoms with E-state index in [1.54, 1.807) is 0 Å². The summed E-state index contributed by atoms with van der Waals surface area (Å²) in [6, 6.07) is 0. The molecule has 11 heavy (non-hydrogen) atoms. The van der Waals surface area contributed by atoms with Crippen LogP contribution in [0.4, 0.5) is 0 Å². The molecule has 0 saturated heterocycles. The Morgan fingerprint density at radius 3 is 1.73 bits per heavy atom. The van der Waals surface area contributed by atoms with Crippen LogP contribution in [0.15, 0.2) is 0 Å². The SMILES string of the molecule is C[PH2+]CC(O)(O)O.O=[N+]([O-])[O-]. The molecule has 0 saturated carbocycles. The van der Waals surface area contributed by atoms with Gasteiger partial charge in [0.2, 0.25) is 0 Å². The fraction of sp³-hybridized carbons (Fsp3) is 1.00. The zero-order chi connectivity index (χ0) is 9.49. The Hall–Kier alpha value is -0.490. The Kier molecular flexibility index (Phi) is 7.44. The molecule has 0 aromatic rings. The second-order valence-corrected chi connectivity index (χ2v) is 2.84. The first kappa shape index (κ1) is 13.1. The van der Waals surface area contributed by atoms with Gasteiger partial charge in [0, 0.05) is 6.66 Å². The maximum absolute atomic E-state index is 8.25. The monoisotopic (exact) mass is 187 g/mol. The van der Waals surface area contributed by atoms with Crippen molar-refractivity contribution in [2.75, 3.05) is 12.8 Å². The zero-order valence-electron chi connectivity index (χ0n) is 5.80. The third-order valence-electron chi connectivity index (χ3n) is 0.478. The molecule has 0 aliphatic heterocycles. The highest BCUT2D eigenvalue weighted by Crippen LogP contribution is 2.08. The highest BCUT2D eigenvalue weighted by Gasteiger charge is 2.18. The molecule has 0 heterocycles. The molecule has 1 atom stereocenters. The maximum atomic E-state index is 8.25. The minimum Gasteiger partial charge on any atom is -0.356 e. The molecular weight excluding hydrogens is 177 g/mol. The first-order chi connectivity index (χ1) is 4.79. The van der Waals surface area contributed by atoms with Crippen molar-refractivity contribution in [2.24, 2.45) is 0 Å². The molecule has 7 nitrogen and oxygen atoms in total. The average molecular weight is 187 g/mol. The van der Waals surface area contributed by atoms with Crippen LogP contribution >= 0.6 is 8.58 Å². The highest BCUT2D eigenvalue weighted by molar-refractivity contribution is 7.37. The average Bonchev–Trinajstić information content (AvgIpc) is 1.58. The van der Waals surface area contributed by atoms with Crippen LogP contribution in [0.1, 0.15) is 0 Å². The first-order valence-corrected chi connectivity index (χ1v) is 4.53. The van der Waals surface area contributed by atoms with Crippen molar-refractivity contribution < 1.29 is 20.4 Å². The Bertz CT molecular complexity index is 107. The van der Waals surface area contributed by atoms with Crippen LogP contribution in [0.2, 0.25) is 0 Å². The van der Waals surface area contributed by atoms with Crippen molar-refractivity contribution in [2.45, 2.75) is 5.97 Å². The smallest absolute Gasteiger partial charge is 0.310 e. The van der Waals surface area contributed by atoms with Crippen molar-refractivity contribution in [3.8, 4) is 0 Å². The summed E-state index contributed by atoms with van der Waals surface area (Å²) < 4.78 is 0. The molecule has 0 aliphatic rings. The van der Waals surface area contributed by atoms with E-state index in [-0.39, 0.29) is 14.7 Å². The number of hydrogen-bond donors (Lipinski definition) is 3. The normalized spacial score (nSPS) is 10.9. The lowest BCUT2D eigenvalue weighted by Gasteiger charge is -2.06. The van der Waals surface area contributed by atoms with Gasteiger partial charge in [-0.05, 0) is 8.58 Å². The van der Waals surface area contributed by atoms with Gasteiger partial charge in [0.05, 0.1) is 5.09 Å². The summed E-state index contributed by atoms with van der Waals surface area (Å²) in [7, 11) is -0.0405. The van der Waals surface area contributed by atoms with Gasteiger partial charge in [-0.25, -0.2) is 0 Å². The molecule has 0 aromatic heterocycles. The largest absolute Gasteiger partial charge is 0.356 e. The lowest BCUT2D eigenvalue weighted by atomic mass is 10.7. The van der Waals surface area contributed by atoms with Gasteiger partial charge in [-0.1, -0.05) is 0 Å². The minimum atomic E-state index is -2.41. The fourth-order valence-corrected chi connectivity index (χ4v) is 0.822. The summed E-state index contributed by atoms with van der Waals surface area (Å²) in [6.07, 6.45) is 0.0903. The molecule has 0 rings (SSSR count). The Balaban J connectivity index is 0. The van der Waals surface area contributed by atoms with Crippen LogP contribution in [0.25, 0.3) is 0 Å². The predicted octanol–water partition coefficient (Wildman–Crippen LogP) is -1.58. The van der Waals surface area contributed by atoms with Crippen LogP contribution in [0.3, 0.4) is 0 Å². The van der Waals surface area contributed by atoms with E-state index < -0.39 is 11.1 Å². The van der Waals surface area contributed by atoms with Crippen molar-refractivity contribution in [1.29, 1.82) is 0 Å². The van der Waals surface area contributed by atoms with E-state index in [4.69, 9.17) is 30.6 Å². The van der Waals surface area contributed by atoms with E-state index in [1.807, 2.05) is 6.66 Å². The second kappa shape index (κ2) is 6.23. The molecule has 0 bridgehead atoms. The molecule has 0 aliphatic carbocycles.